The van der Waals surface area contributed by atoms with Gasteiger partial charge in [-0.3, -0.25) is 4.79 Å². The van der Waals surface area contributed by atoms with Crippen molar-refractivity contribution >= 4 is 22.6 Å². The average Bonchev–Trinajstić information content (AvgIpc) is 3.17. The maximum absolute atomic E-state index is 12.6. The topological polar surface area (TPSA) is 83.8 Å². The molecule has 2 N–H and O–H groups in total. The third-order valence-electron chi connectivity index (χ3n) is 4.31. The van der Waals surface area contributed by atoms with Crippen LogP contribution in [0.2, 0.25) is 0 Å². The van der Waals surface area contributed by atoms with Crippen LogP contribution in [0.1, 0.15) is 35.1 Å². The predicted octanol–water partition coefficient (Wildman–Crippen LogP) is 5.03. The highest BCUT2D eigenvalue weighted by molar-refractivity contribution is 6.09. The Morgan fingerprint density at radius 3 is 2.52 bits per heavy atom. The summed E-state index contributed by atoms with van der Waals surface area (Å²) in [6, 6.07) is 13.0. The maximum atomic E-state index is 12.6. The van der Waals surface area contributed by atoms with Crippen molar-refractivity contribution in [3.8, 4) is 11.1 Å². The number of fused-ring (bicyclic) bond motifs is 1. The molecule has 27 heavy (non-hydrogen) atoms. The van der Waals surface area contributed by atoms with Crippen molar-refractivity contribution in [3.63, 3.8) is 0 Å². The van der Waals surface area contributed by atoms with E-state index in [1.165, 1.54) is 0 Å². The zero-order valence-corrected chi connectivity index (χ0v) is 14.8. The van der Waals surface area contributed by atoms with Gasteiger partial charge in [0.05, 0.1) is 16.9 Å². The monoisotopic (exact) mass is 362 g/mol. The average molecular weight is 362 g/mol. The Balaban J connectivity index is 0.00000210. The van der Waals surface area contributed by atoms with Gasteiger partial charge in [-0.1, -0.05) is 30.8 Å². The highest BCUT2D eigenvalue weighted by atomic mass is 16.5. The number of nitrogens with one attached hydrogen (secondary N) is 2. The van der Waals surface area contributed by atoms with Crippen LogP contribution in [0.4, 0.5) is 5.69 Å². The third kappa shape index (κ3) is 3.33. The Hall–Kier alpha value is -3.41. The molecule has 0 aliphatic heterocycles. The van der Waals surface area contributed by atoms with Gasteiger partial charge in [0.2, 0.25) is 0 Å². The Morgan fingerprint density at radius 1 is 1.11 bits per heavy atom. The Bertz CT molecular complexity index is 1090. The number of carbonyl (C=O) groups is 1. The summed E-state index contributed by atoms with van der Waals surface area (Å²) in [5, 5.41) is 7.01. The molecular weight excluding hydrogens is 340 g/mol. The van der Waals surface area contributed by atoms with Crippen molar-refractivity contribution in [2.75, 3.05) is 5.32 Å². The number of nitrogens with zero attached hydrogens (tertiary/aromatic N) is 2. The van der Waals surface area contributed by atoms with Crippen LogP contribution in [0.25, 0.3) is 22.2 Å². The van der Waals surface area contributed by atoms with Gasteiger partial charge in [-0.25, -0.2) is 4.98 Å². The van der Waals surface area contributed by atoms with Crippen LogP contribution < -0.4 is 5.32 Å². The van der Waals surface area contributed by atoms with Gasteiger partial charge >= 0.3 is 0 Å². The van der Waals surface area contributed by atoms with Crippen LogP contribution in [-0.4, -0.2) is 21.0 Å². The first-order valence-corrected chi connectivity index (χ1v) is 8.33. The van der Waals surface area contributed by atoms with Crippen molar-refractivity contribution in [2.24, 2.45) is 0 Å². The molecule has 4 rings (SSSR count). The quantitative estimate of drug-likeness (QED) is 0.535. The number of benzene rings is 2. The summed E-state index contributed by atoms with van der Waals surface area (Å²) in [4.78, 5) is 20.4. The van der Waals surface area contributed by atoms with E-state index in [-0.39, 0.29) is 13.3 Å². The standard InChI is InChI=1S/C20H18N4O2.CH4/c1-11-18(12(2)26-24-11)15-9-16-19(22-13(3)21-16)17(10-15)23-20(25)14-7-5-4-6-8-14;/h4-10H,1-3H3,(H,21,22)(H,23,25);1H4. The van der Waals surface area contributed by atoms with Gasteiger partial charge < -0.3 is 14.8 Å². The summed E-state index contributed by atoms with van der Waals surface area (Å²) in [5.74, 6) is 1.34. The SMILES string of the molecule is C.Cc1nc2c(NC(=O)c3ccccc3)cc(-c3c(C)noc3C)cc2[nH]1. The molecule has 0 saturated heterocycles. The van der Waals surface area contributed by atoms with Crippen molar-refractivity contribution in [1.29, 1.82) is 0 Å². The molecule has 0 fully saturated rings. The lowest BCUT2D eigenvalue weighted by Gasteiger charge is -2.09. The van der Waals surface area contributed by atoms with Crippen molar-refractivity contribution < 1.29 is 9.32 Å². The molecule has 6 nitrogen and oxygen atoms in total. The summed E-state index contributed by atoms with van der Waals surface area (Å²) in [6.07, 6.45) is 0. The number of hydrogen-bond donors (Lipinski definition) is 2. The lowest BCUT2D eigenvalue weighted by Crippen LogP contribution is -2.12. The minimum atomic E-state index is -0.177. The normalized spacial score (nSPS) is 10.6. The molecule has 0 aliphatic rings. The third-order valence-corrected chi connectivity index (χ3v) is 4.31. The fourth-order valence-corrected chi connectivity index (χ4v) is 3.16. The zero-order chi connectivity index (χ0) is 18.3. The molecule has 2 heterocycles. The lowest BCUT2D eigenvalue weighted by atomic mass is 10.0. The largest absolute Gasteiger partial charge is 0.361 e. The number of H-pyrrole nitrogens is 1. The summed E-state index contributed by atoms with van der Waals surface area (Å²) in [7, 11) is 0. The molecule has 2 aromatic heterocycles. The van der Waals surface area contributed by atoms with Gasteiger partial charge in [0.1, 0.15) is 17.1 Å². The van der Waals surface area contributed by atoms with Gasteiger partial charge in [0, 0.05) is 11.1 Å². The highest BCUT2D eigenvalue weighted by Crippen LogP contribution is 2.33. The minimum Gasteiger partial charge on any atom is -0.361 e. The number of aryl methyl sites for hydroxylation is 3. The van der Waals surface area contributed by atoms with Gasteiger partial charge in [0.25, 0.3) is 5.91 Å². The van der Waals surface area contributed by atoms with E-state index in [0.29, 0.717) is 11.3 Å². The molecule has 0 saturated carbocycles. The van der Waals surface area contributed by atoms with E-state index in [1.807, 2.05) is 51.1 Å². The molecule has 138 valence electrons. The Morgan fingerprint density at radius 2 is 1.85 bits per heavy atom. The smallest absolute Gasteiger partial charge is 0.255 e. The van der Waals surface area contributed by atoms with E-state index in [9.17, 15) is 4.79 Å². The van der Waals surface area contributed by atoms with E-state index in [2.05, 4.69) is 20.4 Å². The number of anilines is 1. The number of hydrogen-bond acceptors (Lipinski definition) is 4. The number of aromatic amines is 1. The molecule has 1 amide bonds. The first-order valence-electron chi connectivity index (χ1n) is 8.33. The van der Waals surface area contributed by atoms with E-state index in [4.69, 9.17) is 4.52 Å². The van der Waals surface area contributed by atoms with E-state index < -0.39 is 0 Å². The van der Waals surface area contributed by atoms with Gasteiger partial charge in [-0.2, -0.15) is 0 Å². The maximum Gasteiger partial charge on any atom is 0.255 e. The Kier molecular flexibility index (Phi) is 4.81. The van der Waals surface area contributed by atoms with Crippen molar-refractivity contribution in [1.82, 2.24) is 15.1 Å². The van der Waals surface area contributed by atoms with E-state index in [1.54, 1.807) is 12.1 Å². The molecular formula is C21H22N4O2. The van der Waals surface area contributed by atoms with Crippen LogP contribution in [0.15, 0.2) is 47.0 Å². The molecule has 0 spiro atoms. The van der Waals surface area contributed by atoms with E-state index in [0.717, 1.165) is 39.4 Å². The number of amides is 1. The molecule has 0 atom stereocenters. The molecule has 4 aromatic rings. The van der Waals surface area contributed by atoms with Gasteiger partial charge in [-0.15, -0.1) is 0 Å². The molecule has 0 bridgehead atoms. The molecule has 6 heteroatoms. The summed E-state index contributed by atoms with van der Waals surface area (Å²) >= 11 is 0. The molecule has 0 aliphatic carbocycles. The second kappa shape index (κ2) is 7.07. The second-order valence-electron chi connectivity index (χ2n) is 6.26. The van der Waals surface area contributed by atoms with Gasteiger partial charge in [-0.05, 0) is 50.6 Å². The number of imidazole rings is 1. The second-order valence-corrected chi connectivity index (χ2v) is 6.26. The summed E-state index contributed by atoms with van der Waals surface area (Å²) in [5.41, 5.74) is 5.46. The number of aromatic nitrogens is 3. The lowest BCUT2D eigenvalue weighted by molar-refractivity contribution is 0.102. The fourth-order valence-electron chi connectivity index (χ4n) is 3.16. The number of rotatable bonds is 3. The molecule has 0 radical (unpaired) electrons. The van der Waals surface area contributed by atoms with Crippen LogP contribution >= 0.6 is 0 Å². The molecule has 2 aromatic carbocycles. The van der Waals surface area contributed by atoms with Gasteiger partial charge in [0.15, 0.2) is 0 Å². The van der Waals surface area contributed by atoms with Crippen LogP contribution in [0.3, 0.4) is 0 Å². The molecule has 0 unspecified atom stereocenters. The van der Waals surface area contributed by atoms with Crippen LogP contribution in [-0.2, 0) is 0 Å². The first kappa shape index (κ1) is 18.4. The minimum absolute atomic E-state index is 0. The summed E-state index contributed by atoms with van der Waals surface area (Å²) < 4.78 is 5.29. The zero-order valence-electron chi connectivity index (χ0n) is 14.8. The highest BCUT2D eigenvalue weighted by Gasteiger charge is 2.17. The number of carbonyl (C=O) groups excluding carboxylic acids is 1. The van der Waals surface area contributed by atoms with Crippen molar-refractivity contribution in [3.05, 3.63) is 65.3 Å². The Labute approximate surface area is 157 Å². The van der Waals surface area contributed by atoms with Crippen LogP contribution in [0.5, 0.6) is 0 Å². The van der Waals surface area contributed by atoms with Crippen molar-refractivity contribution in [2.45, 2.75) is 28.2 Å². The fraction of sp³-hybridized carbons (Fsp3) is 0.190. The predicted molar refractivity (Wildman–Crippen MR) is 107 cm³/mol. The summed E-state index contributed by atoms with van der Waals surface area (Å²) in [6.45, 7) is 5.66. The first-order chi connectivity index (χ1) is 12.5. The van der Waals surface area contributed by atoms with E-state index >= 15 is 0 Å². The van der Waals surface area contributed by atoms with Crippen LogP contribution in [0, 0.1) is 20.8 Å².